The lowest BCUT2D eigenvalue weighted by molar-refractivity contribution is -0.141. The zero-order valence-corrected chi connectivity index (χ0v) is 16.6. The third-order valence-corrected chi connectivity index (χ3v) is 5.08. The van der Waals surface area contributed by atoms with Crippen molar-refractivity contribution in [2.45, 2.75) is 18.6 Å². The van der Waals surface area contributed by atoms with Crippen LogP contribution in [-0.2, 0) is 15.7 Å². The third-order valence-electron chi connectivity index (χ3n) is 4.76. The minimum Gasteiger partial charge on any atom is -0.464 e. The van der Waals surface area contributed by atoms with Crippen molar-refractivity contribution in [2.24, 2.45) is 0 Å². The van der Waals surface area contributed by atoms with Crippen LogP contribution >= 0.6 is 11.6 Å². The number of carbonyl (C=O) groups is 2. The van der Waals surface area contributed by atoms with E-state index in [4.69, 9.17) is 16.3 Å². The lowest BCUT2D eigenvalue weighted by atomic mass is 10.1. The Hall–Kier alpha value is -3.33. The van der Waals surface area contributed by atoms with Gasteiger partial charge in [-0.15, -0.1) is 0 Å². The highest BCUT2D eigenvalue weighted by atomic mass is 35.5. The van der Waals surface area contributed by atoms with E-state index in [1.54, 1.807) is 24.3 Å². The standard InChI is InChI=1S/C21H15ClF3N3O3/c22-14-3-1-2-4-16(14)28-17(11-18(27-28)21(23,24)25)12-5-7-13(8-6-12)19(29)26-15-9-10-31-20(15)30/h1-8,11,15H,9-10H2,(H,26,29). The average Bonchev–Trinajstić information content (AvgIpc) is 3.35. The molecule has 4 rings (SSSR count). The highest BCUT2D eigenvalue weighted by Gasteiger charge is 2.35. The number of hydrogen-bond donors (Lipinski definition) is 1. The Labute approximate surface area is 179 Å². The molecule has 1 atom stereocenters. The summed E-state index contributed by atoms with van der Waals surface area (Å²) in [5.74, 6) is -0.973. The summed E-state index contributed by atoms with van der Waals surface area (Å²) in [4.78, 5) is 23.9. The van der Waals surface area contributed by atoms with Crippen LogP contribution in [0.3, 0.4) is 0 Å². The van der Waals surface area contributed by atoms with Crippen molar-refractivity contribution in [3.8, 4) is 16.9 Å². The second kappa shape index (κ2) is 8.07. The molecule has 1 N–H and O–H groups in total. The summed E-state index contributed by atoms with van der Waals surface area (Å²) >= 11 is 6.17. The number of rotatable bonds is 4. The molecular formula is C21H15ClF3N3O3. The van der Waals surface area contributed by atoms with Crippen LogP contribution in [0.25, 0.3) is 16.9 Å². The Kier molecular flexibility index (Phi) is 5.45. The van der Waals surface area contributed by atoms with E-state index in [-0.39, 0.29) is 28.6 Å². The van der Waals surface area contributed by atoms with E-state index in [9.17, 15) is 22.8 Å². The molecule has 1 saturated heterocycles. The van der Waals surface area contributed by atoms with E-state index in [0.717, 1.165) is 10.7 Å². The van der Waals surface area contributed by atoms with Gasteiger partial charge in [0.2, 0.25) is 0 Å². The molecule has 0 saturated carbocycles. The molecule has 1 unspecified atom stereocenters. The summed E-state index contributed by atoms with van der Waals surface area (Å²) in [6.07, 6.45) is -4.25. The van der Waals surface area contributed by atoms with Crippen LogP contribution in [0.4, 0.5) is 13.2 Å². The van der Waals surface area contributed by atoms with Crippen molar-refractivity contribution in [3.05, 3.63) is 70.9 Å². The number of para-hydroxylation sites is 1. The molecule has 2 aromatic carbocycles. The van der Waals surface area contributed by atoms with Crippen LogP contribution in [0, 0.1) is 0 Å². The van der Waals surface area contributed by atoms with Gasteiger partial charge in [0, 0.05) is 17.5 Å². The summed E-state index contributed by atoms with van der Waals surface area (Å²) in [6, 6.07) is 12.6. The Balaban J connectivity index is 1.67. The molecule has 1 fully saturated rings. The Bertz CT molecular complexity index is 1140. The summed E-state index contributed by atoms with van der Waals surface area (Å²) < 4.78 is 45.9. The number of ether oxygens (including phenoxy) is 1. The Morgan fingerprint density at radius 3 is 2.48 bits per heavy atom. The molecule has 31 heavy (non-hydrogen) atoms. The van der Waals surface area contributed by atoms with Crippen molar-refractivity contribution < 1.29 is 27.5 Å². The molecular weight excluding hydrogens is 435 g/mol. The first-order valence-electron chi connectivity index (χ1n) is 9.24. The fourth-order valence-electron chi connectivity index (χ4n) is 3.19. The summed E-state index contributed by atoms with van der Waals surface area (Å²) in [6.45, 7) is 0.246. The molecule has 10 heteroatoms. The zero-order chi connectivity index (χ0) is 22.2. The first-order chi connectivity index (χ1) is 14.7. The van der Waals surface area contributed by atoms with Gasteiger partial charge >= 0.3 is 12.1 Å². The molecule has 1 aliphatic rings. The molecule has 1 aromatic heterocycles. The fraction of sp³-hybridized carbons (Fsp3) is 0.190. The number of hydrogen-bond acceptors (Lipinski definition) is 4. The maximum Gasteiger partial charge on any atom is 0.435 e. The molecule has 3 aromatic rings. The van der Waals surface area contributed by atoms with Gasteiger partial charge in [-0.05, 0) is 30.3 Å². The number of cyclic esters (lactones) is 1. The largest absolute Gasteiger partial charge is 0.464 e. The van der Waals surface area contributed by atoms with E-state index >= 15 is 0 Å². The molecule has 6 nitrogen and oxygen atoms in total. The zero-order valence-electron chi connectivity index (χ0n) is 15.8. The number of aromatic nitrogens is 2. The van der Waals surface area contributed by atoms with Gasteiger partial charge in [-0.2, -0.15) is 18.3 Å². The highest BCUT2D eigenvalue weighted by molar-refractivity contribution is 6.32. The Morgan fingerprint density at radius 1 is 1.16 bits per heavy atom. The lowest BCUT2D eigenvalue weighted by Crippen LogP contribution is -2.37. The van der Waals surface area contributed by atoms with E-state index in [1.165, 1.54) is 24.3 Å². The quantitative estimate of drug-likeness (QED) is 0.604. The number of esters is 1. The van der Waals surface area contributed by atoms with Crippen molar-refractivity contribution in [2.75, 3.05) is 6.61 Å². The van der Waals surface area contributed by atoms with Gasteiger partial charge in [-0.25, -0.2) is 9.48 Å². The maximum absolute atomic E-state index is 13.3. The van der Waals surface area contributed by atoms with Crippen molar-refractivity contribution in [1.29, 1.82) is 0 Å². The van der Waals surface area contributed by atoms with Gasteiger partial charge in [-0.3, -0.25) is 4.79 Å². The van der Waals surface area contributed by atoms with Crippen LogP contribution in [0.2, 0.25) is 5.02 Å². The molecule has 2 heterocycles. The number of nitrogens with zero attached hydrogens (tertiary/aromatic N) is 2. The minimum absolute atomic E-state index is 0.159. The van der Waals surface area contributed by atoms with Crippen LogP contribution in [0.1, 0.15) is 22.5 Å². The monoisotopic (exact) mass is 449 g/mol. The number of amides is 1. The van der Waals surface area contributed by atoms with Crippen LogP contribution in [0.5, 0.6) is 0 Å². The van der Waals surface area contributed by atoms with Crippen molar-refractivity contribution in [3.63, 3.8) is 0 Å². The van der Waals surface area contributed by atoms with Crippen LogP contribution in [-0.4, -0.2) is 34.3 Å². The average molecular weight is 450 g/mol. The number of halogens is 4. The normalized spacial score (nSPS) is 16.3. The van der Waals surface area contributed by atoms with Gasteiger partial charge in [0.25, 0.3) is 5.91 Å². The molecule has 160 valence electrons. The van der Waals surface area contributed by atoms with Crippen molar-refractivity contribution >= 4 is 23.5 Å². The lowest BCUT2D eigenvalue weighted by Gasteiger charge is -2.11. The van der Waals surface area contributed by atoms with Gasteiger partial charge in [-0.1, -0.05) is 35.9 Å². The predicted molar refractivity (Wildman–Crippen MR) is 106 cm³/mol. The molecule has 1 amide bonds. The van der Waals surface area contributed by atoms with Crippen LogP contribution in [0.15, 0.2) is 54.6 Å². The van der Waals surface area contributed by atoms with Gasteiger partial charge in [0.15, 0.2) is 5.69 Å². The van der Waals surface area contributed by atoms with Crippen molar-refractivity contribution in [1.82, 2.24) is 15.1 Å². The van der Waals surface area contributed by atoms with Crippen LogP contribution < -0.4 is 5.32 Å². The number of alkyl halides is 3. The van der Waals surface area contributed by atoms with Gasteiger partial charge in [0.05, 0.1) is 23.0 Å². The van der Waals surface area contributed by atoms with E-state index in [1.807, 2.05) is 0 Å². The SMILES string of the molecule is O=C(NC1CCOC1=O)c1ccc(-c2cc(C(F)(F)F)nn2-c2ccccc2Cl)cc1. The van der Waals surface area contributed by atoms with Gasteiger partial charge < -0.3 is 10.1 Å². The molecule has 0 aliphatic carbocycles. The highest BCUT2D eigenvalue weighted by Crippen LogP contribution is 2.34. The maximum atomic E-state index is 13.3. The molecule has 0 spiro atoms. The summed E-state index contributed by atoms with van der Waals surface area (Å²) in [7, 11) is 0. The van der Waals surface area contributed by atoms with Gasteiger partial charge in [0.1, 0.15) is 6.04 Å². The fourth-order valence-corrected chi connectivity index (χ4v) is 3.41. The number of carbonyl (C=O) groups excluding carboxylic acids is 2. The third kappa shape index (κ3) is 4.27. The van der Waals surface area contributed by atoms with E-state index in [2.05, 4.69) is 10.4 Å². The topological polar surface area (TPSA) is 73.2 Å². The van der Waals surface area contributed by atoms with E-state index in [0.29, 0.717) is 12.0 Å². The number of nitrogens with one attached hydrogen (secondary N) is 1. The Morgan fingerprint density at radius 2 is 1.87 bits per heavy atom. The molecule has 0 bridgehead atoms. The second-order valence-corrected chi connectivity index (χ2v) is 7.24. The number of benzene rings is 2. The second-order valence-electron chi connectivity index (χ2n) is 6.84. The smallest absolute Gasteiger partial charge is 0.435 e. The first kappa shape index (κ1) is 20.9. The van der Waals surface area contributed by atoms with E-state index < -0.39 is 29.8 Å². The predicted octanol–water partition coefficient (Wildman–Crippen LogP) is 4.26. The first-order valence-corrected chi connectivity index (χ1v) is 9.62. The minimum atomic E-state index is -4.64. The summed E-state index contributed by atoms with van der Waals surface area (Å²) in [5.41, 5.74) is 0.0371. The molecule has 0 radical (unpaired) electrons. The summed E-state index contributed by atoms with van der Waals surface area (Å²) in [5, 5.41) is 6.51. The molecule has 1 aliphatic heterocycles.